The number of aliphatic hydroxyl groups excluding tert-OH is 1. The third-order valence-corrected chi connectivity index (χ3v) is 3.11. The first-order chi connectivity index (χ1) is 5.72. The quantitative estimate of drug-likeness (QED) is 0.882. The van der Waals surface area contributed by atoms with Crippen LogP contribution in [0.15, 0.2) is 15.2 Å². The first kappa shape index (κ1) is 10.2. The highest BCUT2D eigenvalue weighted by Crippen LogP contribution is 2.21. The zero-order chi connectivity index (χ0) is 8.97. The Morgan fingerprint density at radius 1 is 1.67 bits per heavy atom. The molecule has 0 radical (unpaired) electrons. The van der Waals surface area contributed by atoms with E-state index in [9.17, 15) is 0 Å². The Balaban J connectivity index is 2.41. The lowest BCUT2D eigenvalue weighted by molar-refractivity contribution is 0.217. The topological polar surface area (TPSA) is 23.5 Å². The lowest BCUT2D eigenvalue weighted by atomic mass is 10.3. The molecule has 0 amide bonds. The van der Waals surface area contributed by atoms with Gasteiger partial charge in [-0.15, -0.1) is 11.3 Å². The van der Waals surface area contributed by atoms with Crippen molar-refractivity contribution in [1.82, 2.24) is 4.90 Å². The summed E-state index contributed by atoms with van der Waals surface area (Å²) >= 11 is 5.10. The summed E-state index contributed by atoms with van der Waals surface area (Å²) in [4.78, 5) is 2.09. The van der Waals surface area contributed by atoms with Gasteiger partial charge in [0, 0.05) is 13.1 Å². The van der Waals surface area contributed by atoms with Gasteiger partial charge in [0.2, 0.25) is 0 Å². The largest absolute Gasteiger partial charge is 0.395 e. The molecule has 1 aromatic heterocycles. The summed E-state index contributed by atoms with van der Waals surface area (Å²) < 4.78 is 1.16. The molecule has 0 aliphatic heterocycles. The molecule has 0 fully saturated rings. The molecular formula is C8H12BrNOS. The summed E-state index contributed by atoms with van der Waals surface area (Å²) in [5.74, 6) is 0. The van der Waals surface area contributed by atoms with E-state index in [0.29, 0.717) is 0 Å². The molecule has 0 aliphatic rings. The second-order valence-corrected chi connectivity index (χ2v) is 5.01. The fourth-order valence-electron chi connectivity index (χ4n) is 0.990. The maximum Gasteiger partial charge on any atom is 0.0701 e. The Hall–Kier alpha value is 0.100. The zero-order valence-corrected chi connectivity index (χ0v) is 9.36. The van der Waals surface area contributed by atoms with Gasteiger partial charge in [-0.3, -0.25) is 4.90 Å². The van der Waals surface area contributed by atoms with Gasteiger partial charge in [-0.25, -0.2) is 0 Å². The van der Waals surface area contributed by atoms with Gasteiger partial charge in [-0.2, -0.15) is 0 Å². The highest BCUT2D eigenvalue weighted by atomic mass is 79.9. The number of likely N-dealkylation sites (N-methyl/N-ethyl adjacent to an activating group) is 1. The second-order valence-electron chi connectivity index (χ2n) is 2.72. The van der Waals surface area contributed by atoms with Crippen LogP contribution in [-0.4, -0.2) is 30.2 Å². The molecule has 68 valence electrons. The average Bonchev–Trinajstić information content (AvgIpc) is 2.36. The van der Waals surface area contributed by atoms with Gasteiger partial charge in [0.25, 0.3) is 0 Å². The van der Waals surface area contributed by atoms with Crippen LogP contribution < -0.4 is 0 Å². The van der Waals surface area contributed by atoms with Gasteiger partial charge >= 0.3 is 0 Å². The molecule has 0 atom stereocenters. The molecule has 0 unspecified atom stereocenters. The summed E-state index contributed by atoms with van der Waals surface area (Å²) in [7, 11) is 2.00. The third kappa shape index (κ3) is 3.23. The number of nitrogens with zero attached hydrogens (tertiary/aromatic N) is 1. The smallest absolute Gasteiger partial charge is 0.0701 e. The van der Waals surface area contributed by atoms with E-state index >= 15 is 0 Å². The van der Waals surface area contributed by atoms with Gasteiger partial charge in [-0.1, -0.05) is 0 Å². The standard InChI is InChI=1S/C8H12BrNOS/c1-10(2-3-11)5-7-4-8(9)12-6-7/h4,6,11H,2-3,5H2,1H3. The lowest BCUT2D eigenvalue weighted by Gasteiger charge is -2.13. The van der Waals surface area contributed by atoms with Crippen LogP contribution in [0.4, 0.5) is 0 Å². The summed E-state index contributed by atoms with van der Waals surface area (Å²) in [6.07, 6.45) is 0. The van der Waals surface area contributed by atoms with Crippen LogP contribution in [0, 0.1) is 0 Å². The lowest BCUT2D eigenvalue weighted by Crippen LogP contribution is -2.21. The zero-order valence-electron chi connectivity index (χ0n) is 6.96. The Morgan fingerprint density at radius 3 is 2.92 bits per heavy atom. The van der Waals surface area contributed by atoms with E-state index in [-0.39, 0.29) is 6.61 Å². The minimum Gasteiger partial charge on any atom is -0.395 e. The maximum absolute atomic E-state index is 8.67. The van der Waals surface area contributed by atoms with Crippen LogP contribution in [0.1, 0.15) is 5.56 Å². The van der Waals surface area contributed by atoms with Crippen molar-refractivity contribution >= 4 is 27.3 Å². The van der Waals surface area contributed by atoms with Crippen LogP contribution in [0.5, 0.6) is 0 Å². The molecule has 4 heteroatoms. The fraction of sp³-hybridized carbons (Fsp3) is 0.500. The highest BCUT2D eigenvalue weighted by molar-refractivity contribution is 9.11. The fourth-order valence-corrected chi connectivity index (χ4v) is 2.19. The first-order valence-electron chi connectivity index (χ1n) is 3.74. The Morgan fingerprint density at radius 2 is 2.42 bits per heavy atom. The predicted octanol–water partition coefficient (Wildman–Crippen LogP) is 1.93. The number of hydrogen-bond donors (Lipinski definition) is 1. The van der Waals surface area contributed by atoms with Crippen molar-refractivity contribution in [2.24, 2.45) is 0 Å². The number of thiophene rings is 1. The normalized spacial score (nSPS) is 11.0. The van der Waals surface area contributed by atoms with Gasteiger partial charge in [0.1, 0.15) is 0 Å². The van der Waals surface area contributed by atoms with E-state index in [2.05, 4.69) is 32.3 Å². The van der Waals surface area contributed by atoms with Gasteiger partial charge in [0.05, 0.1) is 10.4 Å². The van der Waals surface area contributed by atoms with Crippen LogP contribution in [0.3, 0.4) is 0 Å². The molecule has 1 N–H and O–H groups in total. The Kier molecular flexibility index (Phi) is 4.21. The van der Waals surface area contributed by atoms with Crippen molar-refractivity contribution in [3.05, 3.63) is 20.8 Å². The van der Waals surface area contributed by atoms with Crippen LogP contribution in [0.2, 0.25) is 0 Å². The van der Waals surface area contributed by atoms with Crippen LogP contribution in [0.25, 0.3) is 0 Å². The molecule has 0 aromatic carbocycles. The predicted molar refractivity (Wildman–Crippen MR) is 55.4 cm³/mol. The van der Waals surface area contributed by atoms with Gasteiger partial charge < -0.3 is 5.11 Å². The minimum absolute atomic E-state index is 0.224. The number of hydrogen-bond acceptors (Lipinski definition) is 3. The van der Waals surface area contributed by atoms with E-state index in [1.165, 1.54) is 5.56 Å². The molecule has 0 aliphatic carbocycles. The summed E-state index contributed by atoms with van der Waals surface area (Å²) in [6.45, 7) is 1.86. The van der Waals surface area contributed by atoms with Gasteiger partial charge in [-0.05, 0) is 40.0 Å². The van der Waals surface area contributed by atoms with E-state index < -0.39 is 0 Å². The van der Waals surface area contributed by atoms with E-state index in [4.69, 9.17) is 5.11 Å². The van der Waals surface area contributed by atoms with Crippen molar-refractivity contribution in [2.75, 3.05) is 20.2 Å². The van der Waals surface area contributed by atoms with E-state index in [1.54, 1.807) is 11.3 Å². The van der Waals surface area contributed by atoms with E-state index in [1.807, 2.05) is 7.05 Å². The molecule has 1 aromatic rings. The molecule has 0 bridgehead atoms. The minimum atomic E-state index is 0.224. The van der Waals surface area contributed by atoms with E-state index in [0.717, 1.165) is 16.9 Å². The molecule has 0 spiro atoms. The third-order valence-electron chi connectivity index (χ3n) is 1.56. The summed E-state index contributed by atoms with van der Waals surface area (Å²) in [5, 5.41) is 10.8. The molecule has 12 heavy (non-hydrogen) atoms. The molecule has 2 nitrogen and oxygen atoms in total. The summed E-state index contributed by atoms with van der Waals surface area (Å²) in [5.41, 5.74) is 1.29. The Bertz CT molecular complexity index is 239. The maximum atomic E-state index is 8.67. The van der Waals surface area contributed by atoms with Crippen molar-refractivity contribution in [2.45, 2.75) is 6.54 Å². The van der Waals surface area contributed by atoms with Crippen LogP contribution in [-0.2, 0) is 6.54 Å². The van der Waals surface area contributed by atoms with Crippen molar-refractivity contribution in [3.63, 3.8) is 0 Å². The molecular weight excluding hydrogens is 238 g/mol. The molecule has 0 saturated carbocycles. The number of aliphatic hydroxyl groups is 1. The van der Waals surface area contributed by atoms with Crippen molar-refractivity contribution in [3.8, 4) is 0 Å². The second kappa shape index (κ2) is 4.97. The average molecular weight is 250 g/mol. The number of rotatable bonds is 4. The first-order valence-corrected chi connectivity index (χ1v) is 5.42. The summed E-state index contributed by atoms with van der Waals surface area (Å²) in [6, 6.07) is 2.11. The molecule has 0 saturated heterocycles. The number of halogens is 1. The van der Waals surface area contributed by atoms with Crippen molar-refractivity contribution < 1.29 is 5.11 Å². The SMILES string of the molecule is CN(CCO)Cc1csc(Br)c1. The van der Waals surface area contributed by atoms with Crippen molar-refractivity contribution in [1.29, 1.82) is 0 Å². The molecule has 1 rings (SSSR count). The highest BCUT2D eigenvalue weighted by Gasteiger charge is 2.00. The Labute approximate surface area is 85.0 Å². The van der Waals surface area contributed by atoms with Crippen LogP contribution >= 0.6 is 27.3 Å². The van der Waals surface area contributed by atoms with Gasteiger partial charge in [0.15, 0.2) is 0 Å². The molecule has 1 heterocycles. The monoisotopic (exact) mass is 249 g/mol.